The lowest BCUT2D eigenvalue weighted by molar-refractivity contribution is 0.158. The van der Waals surface area contributed by atoms with Gasteiger partial charge in [-0.2, -0.15) is 0 Å². The van der Waals surface area contributed by atoms with E-state index >= 15 is 0 Å². The van der Waals surface area contributed by atoms with Crippen molar-refractivity contribution in [3.8, 4) is 0 Å². The number of sulfone groups is 1. The van der Waals surface area contributed by atoms with E-state index < -0.39 is 27.6 Å². The van der Waals surface area contributed by atoms with Crippen LogP contribution < -0.4 is 5.32 Å². The number of aliphatic imine (C=N–C) groups is 1. The van der Waals surface area contributed by atoms with E-state index in [1.54, 1.807) is 18.7 Å². The number of halogens is 2. The molecule has 0 radical (unpaired) electrons. The van der Waals surface area contributed by atoms with E-state index in [1.165, 1.54) is 0 Å². The summed E-state index contributed by atoms with van der Waals surface area (Å²) in [4.78, 5) is 5.57. The summed E-state index contributed by atoms with van der Waals surface area (Å²) < 4.78 is 47.3. The predicted molar refractivity (Wildman–Crippen MR) is 71.4 cm³/mol. The number of hydrogen-bond acceptors (Lipinski definition) is 3. The topological polar surface area (TPSA) is 61.8 Å². The van der Waals surface area contributed by atoms with E-state index in [4.69, 9.17) is 0 Å². The molecule has 1 aliphatic rings. The Bertz CT molecular complexity index is 435. The monoisotopic (exact) mass is 297 g/mol. The van der Waals surface area contributed by atoms with Gasteiger partial charge in [0.15, 0.2) is 15.8 Å². The maximum atomic E-state index is 12.2. The zero-order valence-electron chi connectivity index (χ0n) is 11.5. The lowest BCUT2D eigenvalue weighted by atomic mass is 10.2. The molecule has 0 aromatic heterocycles. The third-order valence-corrected chi connectivity index (χ3v) is 5.59. The van der Waals surface area contributed by atoms with Crippen LogP contribution in [0.4, 0.5) is 8.78 Å². The van der Waals surface area contributed by atoms with Crippen LogP contribution >= 0.6 is 0 Å². The van der Waals surface area contributed by atoms with E-state index in [-0.39, 0.29) is 18.8 Å². The first kappa shape index (κ1) is 16.1. The quantitative estimate of drug-likeness (QED) is 0.616. The van der Waals surface area contributed by atoms with Crippen LogP contribution in [0, 0.1) is 0 Å². The molecule has 1 saturated heterocycles. The van der Waals surface area contributed by atoms with Gasteiger partial charge >= 0.3 is 0 Å². The maximum absolute atomic E-state index is 12.2. The average molecular weight is 297 g/mol. The minimum atomic E-state index is -3.15. The van der Waals surface area contributed by atoms with Gasteiger partial charge in [0.05, 0.1) is 10.5 Å². The molecule has 1 rings (SSSR count). The number of alkyl halides is 2. The number of nitrogens with one attached hydrogen (secondary N) is 1. The summed E-state index contributed by atoms with van der Waals surface area (Å²) in [6, 6.07) is 0. The molecule has 1 N–H and O–H groups in total. The van der Waals surface area contributed by atoms with Gasteiger partial charge in [0.1, 0.15) is 6.54 Å². The molecule has 0 spiro atoms. The summed E-state index contributed by atoms with van der Waals surface area (Å²) in [7, 11) is -3.15. The van der Waals surface area contributed by atoms with Gasteiger partial charge in [0.25, 0.3) is 6.43 Å². The van der Waals surface area contributed by atoms with E-state index in [2.05, 4.69) is 10.3 Å². The van der Waals surface area contributed by atoms with Gasteiger partial charge in [-0.05, 0) is 20.8 Å². The van der Waals surface area contributed by atoms with Crippen LogP contribution in [0.1, 0.15) is 20.8 Å². The van der Waals surface area contributed by atoms with E-state index in [1.807, 2.05) is 6.92 Å². The molecule has 0 saturated carbocycles. The van der Waals surface area contributed by atoms with Gasteiger partial charge < -0.3 is 10.2 Å². The molecule has 0 bridgehead atoms. The Morgan fingerprint density at radius 3 is 2.58 bits per heavy atom. The molecule has 0 aliphatic carbocycles. The molecule has 0 unspecified atom stereocenters. The first-order chi connectivity index (χ1) is 8.69. The van der Waals surface area contributed by atoms with Crippen LogP contribution in [-0.4, -0.2) is 62.4 Å². The zero-order chi connectivity index (χ0) is 14.7. The first-order valence-corrected chi connectivity index (χ1v) is 7.88. The van der Waals surface area contributed by atoms with Crippen molar-refractivity contribution in [2.75, 3.05) is 31.9 Å². The van der Waals surface area contributed by atoms with E-state index in [0.29, 0.717) is 12.5 Å². The smallest absolute Gasteiger partial charge is 0.257 e. The molecule has 112 valence electrons. The van der Waals surface area contributed by atoms with Gasteiger partial charge in [-0.15, -0.1) is 0 Å². The van der Waals surface area contributed by atoms with Crippen LogP contribution in [0.25, 0.3) is 0 Å². The molecule has 0 aromatic carbocycles. The number of rotatable bonds is 3. The van der Waals surface area contributed by atoms with Crippen molar-refractivity contribution in [2.45, 2.75) is 31.9 Å². The second-order valence-corrected chi connectivity index (χ2v) is 7.83. The standard InChI is InChI=1S/C11H21F2N3O2S/c1-4-14-10(15-7-9(12)13)16-5-6-19(17,18)11(2,3)8-16/h9H,4-8H2,1-3H3,(H,14,15). The van der Waals surface area contributed by atoms with Crippen molar-refractivity contribution in [3.63, 3.8) is 0 Å². The molecule has 5 nitrogen and oxygen atoms in total. The van der Waals surface area contributed by atoms with E-state index in [9.17, 15) is 17.2 Å². The minimum Gasteiger partial charge on any atom is -0.357 e. The second-order valence-electron chi connectivity index (χ2n) is 5.09. The molecule has 8 heteroatoms. The number of hydrogen-bond donors (Lipinski definition) is 1. The normalized spacial score (nSPS) is 22.6. The molecular formula is C11H21F2N3O2S. The van der Waals surface area contributed by atoms with Crippen molar-refractivity contribution in [2.24, 2.45) is 4.99 Å². The highest BCUT2D eigenvalue weighted by Crippen LogP contribution is 2.23. The molecule has 19 heavy (non-hydrogen) atoms. The summed E-state index contributed by atoms with van der Waals surface area (Å²) >= 11 is 0. The van der Waals surface area contributed by atoms with Gasteiger partial charge in [0, 0.05) is 19.6 Å². The first-order valence-electron chi connectivity index (χ1n) is 6.23. The van der Waals surface area contributed by atoms with Crippen LogP contribution in [-0.2, 0) is 9.84 Å². The number of nitrogens with zero attached hydrogens (tertiary/aromatic N) is 2. The molecule has 1 fully saturated rings. The second kappa shape index (κ2) is 6.02. The molecule has 0 aromatic rings. The van der Waals surface area contributed by atoms with Gasteiger partial charge in [-0.3, -0.25) is 0 Å². The summed E-state index contributed by atoms with van der Waals surface area (Å²) in [6.07, 6.45) is -2.50. The SMILES string of the molecule is CCNC(=NCC(F)F)N1CCS(=O)(=O)C(C)(C)C1. The Kier molecular flexibility index (Phi) is 5.11. The fraction of sp³-hybridized carbons (Fsp3) is 0.909. The fourth-order valence-electron chi connectivity index (χ4n) is 1.91. The van der Waals surface area contributed by atoms with Crippen LogP contribution in [0.3, 0.4) is 0 Å². The summed E-state index contributed by atoms with van der Waals surface area (Å²) in [5, 5.41) is 2.92. The summed E-state index contributed by atoms with van der Waals surface area (Å²) in [5.41, 5.74) is 0. The third kappa shape index (κ3) is 4.02. The lowest BCUT2D eigenvalue weighted by Gasteiger charge is -2.39. The Hall–Kier alpha value is -0.920. The molecule has 0 amide bonds. The highest BCUT2D eigenvalue weighted by Gasteiger charge is 2.40. The Labute approximate surface area is 113 Å². The third-order valence-electron chi connectivity index (χ3n) is 3.06. The predicted octanol–water partition coefficient (Wildman–Crippen LogP) is 0.726. The van der Waals surface area contributed by atoms with Crippen molar-refractivity contribution >= 4 is 15.8 Å². The van der Waals surface area contributed by atoms with Gasteiger partial charge in [-0.1, -0.05) is 0 Å². The highest BCUT2D eigenvalue weighted by atomic mass is 32.2. The summed E-state index contributed by atoms with van der Waals surface area (Å²) in [5.74, 6) is 0.366. The average Bonchev–Trinajstić information content (AvgIpc) is 2.28. The lowest BCUT2D eigenvalue weighted by Crippen LogP contribution is -2.57. The zero-order valence-corrected chi connectivity index (χ0v) is 12.3. The van der Waals surface area contributed by atoms with Gasteiger partial charge in [0.2, 0.25) is 0 Å². The van der Waals surface area contributed by atoms with Crippen molar-refractivity contribution in [1.29, 1.82) is 0 Å². The molecule has 0 atom stereocenters. The molecular weight excluding hydrogens is 276 g/mol. The van der Waals surface area contributed by atoms with Crippen LogP contribution in [0.15, 0.2) is 4.99 Å². The van der Waals surface area contributed by atoms with E-state index in [0.717, 1.165) is 0 Å². The molecule has 1 aliphatic heterocycles. The van der Waals surface area contributed by atoms with Crippen molar-refractivity contribution in [3.05, 3.63) is 0 Å². The number of guanidine groups is 1. The Morgan fingerprint density at radius 2 is 2.11 bits per heavy atom. The van der Waals surface area contributed by atoms with Crippen LogP contribution in [0.2, 0.25) is 0 Å². The van der Waals surface area contributed by atoms with Crippen LogP contribution in [0.5, 0.6) is 0 Å². The van der Waals surface area contributed by atoms with Crippen molar-refractivity contribution < 1.29 is 17.2 Å². The largest absolute Gasteiger partial charge is 0.357 e. The summed E-state index contributed by atoms with van der Waals surface area (Å²) in [6.45, 7) is 5.63. The van der Waals surface area contributed by atoms with Gasteiger partial charge in [-0.25, -0.2) is 22.2 Å². The highest BCUT2D eigenvalue weighted by molar-refractivity contribution is 7.92. The minimum absolute atomic E-state index is 0.0130. The molecule has 1 heterocycles. The Morgan fingerprint density at radius 1 is 1.47 bits per heavy atom. The Balaban J connectivity index is 2.85. The fourth-order valence-corrected chi connectivity index (χ4v) is 3.27. The van der Waals surface area contributed by atoms with Crippen molar-refractivity contribution in [1.82, 2.24) is 10.2 Å². The maximum Gasteiger partial charge on any atom is 0.257 e.